The van der Waals surface area contributed by atoms with Crippen LogP contribution in [-0.2, 0) is 0 Å². The van der Waals surface area contributed by atoms with Gasteiger partial charge in [-0.15, -0.1) is 0 Å². The predicted octanol–water partition coefficient (Wildman–Crippen LogP) is 2.73. The average Bonchev–Trinajstić information content (AvgIpc) is 2.48. The minimum Gasteiger partial charge on any atom is -0.397 e. The maximum absolute atomic E-state index is 8.93. The lowest BCUT2D eigenvalue weighted by Crippen LogP contribution is -2.36. The molecule has 4 nitrogen and oxygen atoms in total. The molecule has 0 atom stereocenters. The summed E-state index contributed by atoms with van der Waals surface area (Å²) in [5.41, 5.74) is 10.7. The lowest BCUT2D eigenvalue weighted by molar-refractivity contribution is 0.823. The zero-order valence-corrected chi connectivity index (χ0v) is 11.4. The highest BCUT2D eigenvalue weighted by Crippen LogP contribution is 2.39. The van der Waals surface area contributed by atoms with Crippen molar-refractivity contribution in [3.05, 3.63) is 48.0 Å². The predicted molar refractivity (Wildman–Crippen MR) is 82.3 cm³/mol. The van der Waals surface area contributed by atoms with Gasteiger partial charge in [0.2, 0.25) is 0 Å². The number of nitriles is 1. The van der Waals surface area contributed by atoms with Crippen LogP contribution < -0.4 is 15.5 Å². The van der Waals surface area contributed by atoms with Crippen molar-refractivity contribution >= 4 is 22.7 Å². The van der Waals surface area contributed by atoms with E-state index < -0.39 is 0 Å². The molecule has 2 aromatic rings. The minimum absolute atomic E-state index is 0.591. The summed E-state index contributed by atoms with van der Waals surface area (Å²) in [6.45, 7) is 1.82. The zero-order valence-electron chi connectivity index (χ0n) is 11.4. The number of fused-ring (bicyclic) bond motifs is 1. The van der Waals surface area contributed by atoms with Crippen LogP contribution in [-0.4, -0.2) is 20.1 Å². The zero-order chi connectivity index (χ0) is 14.1. The molecule has 0 bridgehead atoms. The number of likely N-dealkylation sites (N-methyl/N-ethyl adjacent to an activating group) is 1. The molecule has 2 N–H and O–H groups in total. The van der Waals surface area contributed by atoms with Gasteiger partial charge in [-0.25, -0.2) is 0 Å². The molecule has 2 aromatic carbocycles. The molecule has 0 saturated carbocycles. The van der Waals surface area contributed by atoms with Gasteiger partial charge in [0, 0.05) is 20.1 Å². The number of nitrogens with two attached hydrogens (primary N) is 1. The fraction of sp³-hybridized carbons (Fsp3) is 0.188. The van der Waals surface area contributed by atoms with Crippen molar-refractivity contribution < 1.29 is 0 Å². The summed E-state index contributed by atoms with van der Waals surface area (Å²) in [6.07, 6.45) is 0. The number of benzene rings is 2. The third kappa shape index (κ3) is 1.94. The summed E-state index contributed by atoms with van der Waals surface area (Å²) in [6, 6.07) is 15.9. The van der Waals surface area contributed by atoms with E-state index in [0.29, 0.717) is 11.3 Å². The Kier molecular flexibility index (Phi) is 2.96. The normalized spacial score (nSPS) is 13.8. The van der Waals surface area contributed by atoms with Crippen molar-refractivity contribution in [2.75, 3.05) is 35.7 Å². The van der Waals surface area contributed by atoms with Crippen LogP contribution in [0.25, 0.3) is 0 Å². The molecule has 4 heteroatoms. The van der Waals surface area contributed by atoms with Crippen LogP contribution in [0.2, 0.25) is 0 Å². The van der Waals surface area contributed by atoms with Gasteiger partial charge < -0.3 is 15.5 Å². The van der Waals surface area contributed by atoms with Gasteiger partial charge in [-0.05, 0) is 30.3 Å². The quantitative estimate of drug-likeness (QED) is 0.805. The highest BCUT2D eigenvalue weighted by Gasteiger charge is 2.22. The van der Waals surface area contributed by atoms with Gasteiger partial charge in [-0.1, -0.05) is 12.1 Å². The molecule has 0 radical (unpaired) electrons. The summed E-state index contributed by atoms with van der Waals surface area (Å²) in [5.74, 6) is 0. The number of hydrogen-bond donors (Lipinski definition) is 1. The highest BCUT2D eigenvalue weighted by atomic mass is 15.3. The third-order valence-corrected chi connectivity index (χ3v) is 3.69. The fourth-order valence-electron chi connectivity index (χ4n) is 2.63. The molecule has 0 spiro atoms. The van der Waals surface area contributed by atoms with Gasteiger partial charge in [0.25, 0.3) is 0 Å². The van der Waals surface area contributed by atoms with Crippen molar-refractivity contribution in [2.45, 2.75) is 0 Å². The van der Waals surface area contributed by atoms with E-state index in [-0.39, 0.29) is 0 Å². The van der Waals surface area contributed by atoms with E-state index in [2.05, 4.69) is 35.0 Å². The van der Waals surface area contributed by atoms with Gasteiger partial charge in [0.1, 0.15) is 0 Å². The Morgan fingerprint density at radius 2 is 1.80 bits per heavy atom. The molecular formula is C16H16N4. The van der Waals surface area contributed by atoms with Gasteiger partial charge in [0.05, 0.1) is 34.4 Å². The maximum Gasteiger partial charge on any atom is 0.0992 e. The third-order valence-electron chi connectivity index (χ3n) is 3.69. The minimum atomic E-state index is 0.591. The topological polar surface area (TPSA) is 56.3 Å². The molecule has 0 aliphatic carbocycles. The number of rotatable bonds is 1. The molecule has 1 aliphatic heterocycles. The smallest absolute Gasteiger partial charge is 0.0992 e. The largest absolute Gasteiger partial charge is 0.397 e. The second-order valence-corrected chi connectivity index (χ2v) is 4.95. The fourth-order valence-corrected chi connectivity index (χ4v) is 2.63. The van der Waals surface area contributed by atoms with Crippen molar-refractivity contribution in [3.63, 3.8) is 0 Å². The lowest BCUT2D eigenvalue weighted by Gasteiger charge is -2.37. The standard InChI is InChI=1S/C16H16N4/c1-19-8-9-20(16-5-3-2-4-15(16)19)14-7-6-12(11-17)10-13(14)18/h2-7,10H,8-9,18H2,1H3. The van der Waals surface area contributed by atoms with Gasteiger partial charge in [-0.3, -0.25) is 0 Å². The van der Waals surface area contributed by atoms with E-state index in [1.54, 1.807) is 6.07 Å². The van der Waals surface area contributed by atoms with E-state index in [4.69, 9.17) is 11.0 Å². The number of hydrogen-bond acceptors (Lipinski definition) is 4. The van der Waals surface area contributed by atoms with Crippen LogP contribution in [0.4, 0.5) is 22.7 Å². The lowest BCUT2D eigenvalue weighted by atomic mass is 10.1. The van der Waals surface area contributed by atoms with Crippen molar-refractivity contribution in [1.82, 2.24) is 0 Å². The molecule has 0 fully saturated rings. The first kappa shape index (κ1) is 12.4. The summed E-state index contributed by atoms with van der Waals surface area (Å²) in [4.78, 5) is 4.46. The monoisotopic (exact) mass is 264 g/mol. The molecule has 0 saturated heterocycles. The van der Waals surface area contributed by atoms with Crippen LogP contribution in [0.15, 0.2) is 42.5 Å². The Balaban J connectivity index is 2.08. The van der Waals surface area contributed by atoms with Crippen molar-refractivity contribution in [2.24, 2.45) is 0 Å². The van der Waals surface area contributed by atoms with E-state index in [1.807, 2.05) is 24.3 Å². The maximum atomic E-state index is 8.93. The molecule has 100 valence electrons. The van der Waals surface area contributed by atoms with Crippen LogP contribution in [0.3, 0.4) is 0 Å². The Hall–Kier alpha value is -2.67. The molecule has 0 aromatic heterocycles. The van der Waals surface area contributed by atoms with Gasteiger partial charge >= 0.3 is 0 Å². The molecule has 0 unspecified atom stereocenters. The SMILES string of the molecule is CN1CCN(c2ccc(C#N)cc2N)c2ccccc21. The second kappa shape index (κ2) is 4.78. The van der Waals surface area contributed by atoms with E-state index >= 15 is 0 Å². The first-order chi connectivity index (χ1) is 9.70. The molecule has 1 aliphatic rings. The Morgan fingerprint density at radius 1 is 1.05 bits per heavy atom. The second-order valence-electron chi connectivity index (χ2n) is 4.95. The molecule has 0 amide bonds. The van der Waals surface area contributed by atoms with Gasteiger partial charge in [0.15, 0.2) is 0 Å². The average molecular weight is 264 g/mol. The molecule has 20 heavy (non-hydrogen) atoms. The van der Waals surface area contributed by atoms with E-state index in [0.717, 1.165) is 24.5 Å². The van der Waals surface area contributed by atoms with E-state index in [9.17, 15) is 0 Å². The summed E-state index contributed by atoms with van der Waals surface area (Å²) in [7, 11) is 2.10. The van der Waals surface area contributed by atoms with Crippen LogP contribution >= 0.6 is 0 Å². The molecular weight excluding hydrogens is 248 g/mol. The Labute approximate surface area is 118 Å². The van der Waals surface area contributed by atoms with Crippen LogP contribution in [0, 0.1) is 11.3 Å². The first-order valence-electron chi connectivity index (χ1n) is 6.58. The number of para-hydroxylation sites is 2. The summed E-state index contributed by atoms with van der Waals surface area (Å²) in [5, 5.41) is 8.93. The van der Waals surface area contributed by atoms with Crippen molar-refractivity contribution in [1.29, 1.82) is 5.26 Å². The highest BCUT2D eigenvalue weighted by molar-refractivity contribution is 5.84. The number of anilines is 4. The van der Waals surface area contributed by atoms with Crippen molar-refractivity contribution in [3.8, 4) is 6.07 Å². The molecule has 1 heterocycles. The summed E-state index contributed by atoms with van der Waals surface area (Å²) >= 11 is 0. The van der Waals surface area contributed by atoms with Gasteiger partial charge in [-0.2, -0.15) is 5.26 Å². The number of nitrogens with zero attached hydrogens (tertiary/aromatic N) is 3. The first-order valence-corrected chi connectivity index (χ1v) is 6.58. The molecule has 3 rings (SSSR count). The Bertz CT molecular complexity index is 687. The van der Waals surface area contributed by atoms with E-state index in [1.165, 1.54) is 5.69 Å². The van der Waals surface area contributed by atoms with Crippen LogP contribution in [0.1, 0.15) is 5.56 Å². The Morgan fingerprint density at radius 3 is 2.50 bits per heavy atom. The number of nitrogen functional groups attached to an aromatic ring is 1. The van der Waals surface area contributed by atoms with Crippen LogP contribution in [0.5, 0.6) is 0 Å². The summed E-state index contributed by atoms with van der Waals surface area (Å²) < 4.78 is 0.